The molecule has 1 saturated carbocycles. The number of anilines is 1. The van der Waals surface area contributed by atoms with Gasteiger partial charge in [0.25, 0.3) is 12.3 Å². The number of imidazole rings is 1. The Bertz CT molecular complexity index is 1760. The third-order valence-electron chi connectivity index (χ3n) is 8.45. The van der Waals surface area contributed by atoms with Crippen LogP contribution in [0.2, 0.25) is 5.02 Å². The van der Waals surface area contributed by atoms with E-state index in [0.29, 0.717) is 43.9 Å². The summed E-state index contributed by atoms with van der Waals surface area (Å²) < 4.78 is 30.3. The minimum absolute atomic E-state index is 0.0575. The first-order valence-corrected chi connectivity index (χ1v) is 14.8. The number of para-hydroxylation sites is 2. The molecule has 224 valence electrons. The fraction of sp³-hybridized carbons (Fsp3) is 0.387. The van der Waals surface area contributed by atoms with E-state index in [1.807, 2.05) is 37.3 Å². The molecule has 0 radical (unpaired) electrons. The molecule has 2 fully saturated rings. The van der Waals surface area contributed by atoms with Crippen LogP contribution in [0.5, 0.6) is 0 Å². The number of hydrogen-bond acceptors (Lipinski definition) is 5. The molecule has 6 rings (SSSR count). The normalized spacial score (nSPS) is 19.0. The lowest BCUT2D eigenvalue weighted by molar-refractivity contribution is -0.117. The molecule has 1 aromatic carbocycles. The highest BCUT2D eigenvalue weighted by Crippen LogP contribution is 2.30. The molecule has 0 spiro atoms. The van der Waals surface area contributed by atoms with Gasteiger partial charge in [-0.05, 0) is 74.8 Å². The van der Waals surface area contributed by atoms with Crippen molar-refractivity contribution in [1.29, 1.82) is 0 Å². The number of nitrogens with zero attached hydrogens (tertiary/aromatic N) is 5. The van der Waals surface area contributed by atoms with E-state index in [-0.39, 0.29) is 34.1 Å². The number of fused-ring (bicyclic) bond motifs is 1. The van der Waals surface area contributed by atoms with Crippen molar-refractivity contribution in [3.8, 4) is 5.69 Å². The average Bonchev–Trinajstić information content (AvgIpc) is 3.54. The number of carbonyl (C=O) groups excluding carboxylic acids is 2. The van der Waals surface area contributed by atoms with Gasteiger partial charge >= 0.3 is 5.69 Å². The number of alkyl halides is 2. The van der Waals surface area contributed by atoms with Crippen LogP contribution in [-0.2, 0) is 11.3 Å². The van der Waals surface area contributed by atoms with Crippen molar-refractivity contribution in [3.63, 3.8) is 0 Å². The van der Waals surface area contributed by atoms with Crippen molar-refractivity contribution >= 4 is 40.3 Å². The number of rotatable bonds is 7. The molecule has 2 amide bonds. The standard InChI is InChI=1S/C31H31ClF2N6O3/c1-18-13-26(38-12-4-7-27(38)41)35-16-25(18)40-24-6-3-2-5-23(24)39(31(40)43)17-19-8-10-21(11-9-19)37-30(42)22-14-20(32)15-36-28(22)29(33)34/h2-3,5-6,13-16,19,21,29H,4,7-12,17H2,1H3,(H,37,42)/t19-,21-. The van der Waals surface area contributed by atoms with Crippen LogP contribution >= 0.6 is 11.6 Å². The van der Waals surface area contributed by atoms with E-state index in [1.54, 1.807) is 20.2 Å². The van der Waals surface area contributed by atoms with Gasteiger partial charge in [-0.1, -0.05) is 23.7 Å². The topological polar surface area (TPSA) is 102 Å². The number of halogens is 3. The van der Waals surface area contributed by atoms with Gasteiger partial charge in [-0.2, -0.15) is 0 Å². The van der Waals surface area contributed by atoms with Gasteiger partial charge < -0.3 is 5.32 Å². The van der Waals surface area contributed by atoms with Crippen LogP contribution in [0.15, 0.2) is 53.6 Å². The third kappa shape index (κ3) is 5.65. The van der Waals surface area contributed by atoms with Crippen molar-refractivity contribution in [2.45, 2.75) is 64.5 Å². The predicted molar refractivity (Wildman–Crippen MR) is 159 cm³/mol. The van der Waals surface area contributed by atoms with E-state index in [9.17, 15) is 23.2 Å². The van der Waals surface area contributed by atoms with Crippen molar-refractivity contribution in [2.75, 3.05) is 11.4 Å². The lowest BCUT2D eigenvalue weighted by Crippen LogP contribution is -2.39. The van der Waals surface area contributed by atoms with E-state index in [4.69, 9.17) is 11.6 Å². The molecule has 12 heteroatoms. The molecule has 9 nitrogen and oxygen atoms in total. The van der Waals surface area contributed by atoms with Gasteiger partial charge in [-0.3, -0.25) is 28.6 Å². The Morgan fingerprint density at radius 2 is 1.81 bits per heavy atom. The molecule has 0 bridgehead atoms. The van der Waals surface area contributed by atoms with Crippen LogP contribution in [0.4, 0.5) is 14.6 Å². The maximum Gasteiger partial charge on any atom is 0.333 e. The summed E-state index contributed by atoms with van der Waals surface area (Å²) >= 11 is 5.91. The summed E-state index contributed by atoms with van der Waals surface area (Å²) in [5.74, 6) is 0.234. The van der Waals surface area contributed by atoms with Crippen molar-refractivity contribution in [2.24, 2.45) is 5.92 Å². The zero-order valence-corrected chi connectivity index (χ0v) is 24.4. The lowest BCUT2D eigenvalue weighted by Gasteiger charge is -2.29. The monoisotopic (exact) mass is 608 g/mol. The second-order valence-corrected chi connectivity index (χ2v) is 11.7. The van der Waals surface area contributed by atoms with Gasteiger partial charge in [-0.25, -0.2) is 18.6 Å². The molecule has 1 aliphatic heterocycles. The molecular formula is C31H31ClF2N6O3. The Morgan fingerprint density at radius 1 is 1.07 bits per heavy atom. The van der Waals surface area contributed by atoms with Gasteiger partial charge in [0.05, 0.1) is 33.5 Å². The van der Waals surface area contributed by atoms with E-state index >= 15 is 0 Å². The Hall–Kier alpha value is -4.12. The number of benzene rings is 1. The highest BCUT2D eigenvalue weighted by atomic mass is 35.5. The molecule has 1 N–H and O–H groups in total. The van der Waals surface area contributed by atoms with Crippen LogP contribution in [0.1, 0.15) is 66.6 Å². The maximum atomic E-state index is 13.9. The van der Waals surface area contributed by atoms with E-state index < -0.39 is 18.0 Å². The van der Waals surface area contributed by atoms with Crippen molar-refractivity contribution in [3.05, 3.63) is 81.1 Å². The van der Waals surface area contributed by atoms with E-state index in [1.165, 1.54) is 6.07 Å². The summed E-state index contributed by atoms with van der Waals surface area (Å²) in [6.07, 6.45) is 4.02. The number of carbonyl (C=O) groups is 2. The SMILES string of the molecule is Cc1cc(N2CCCC2=O)ncc1-n1c(=O)n(C[C@H]2CC[C@H](NC(=O)c3cc(Cl)cnc3C(F)F)CC2)c2ccccc21. The Morgan fingerprint density at radius 3 is 2.49 bits per heavy atom. The summed E-state index contributed by atoms with van der Waals surface area (Å²) in [6, 6.07) is 10.5. The predicted octanol–water partition coefficient (Wildman–Crippen LogP) is 5.60. The van der Waals surface area contributed by atoms with Gasteiger partial charge in [0.2, 0.25) is 5.91 Å². The van der Waals surface area contributed by atoms with Crippen LogP contribution in [0.3, 0.4) is 0 Å². The number of pyridine rings is 2. The smallest absolute Gasteiger partial charge is 0.333 e. The first-order chi connectivity index (χ1) is 20.7. The highest BCUT2D eigenvalue weighted by Gasteiger charge is 2.28. The number of nitrogens with one attached hydrogen (secondary N) is 1. The summed E-state index contributed by atoms with van der Waals surface area (Å²) in [7, 11) is 0. The van der Waals surface area contributed by atoms with Crippen LogP contribution in [0, 0.1) is 12.8 Å². The fourth-order valence-electron chi connectivity index (χ4n) is 6.24. The van der Waals surface area contributed by atoms with Gasteiger partial charge in [0, 0.05) is 31.7 Å². The quantitative estimate of drug-likeness (QED) is 0.294. The molecule has 4 aromatic rings. The number of aryl methyl sites for hydroxylation is 1. The molecule has 3 aromatic heterocycles. The number of aromatic nitrogens is 4. The second kappa shape index (κ2) is 11.9. The van der Waals surface area contributed by atoms with Crippen LogP contribution in [0.25, 0.3) is 16.7 Å². The molecule has 4 heterocycles. The zero-order valence-electron chi connectivity index (χ0n) is 23.6. The summed E-state index contributed by atoms with van der Waals surface area (Å²) in [5.41, 5.74) is 2.13. The van der Waals surface area contributed by atoms with Gasteiger partial charge in [-0.15, -0.1) is 0 Å². The summed E-state index contributed by atoms with van der Waals surface area (Å²) in [4.78, 5) is 48.8. The molecular weight excluding hydrogens is 578 g/mol. The van der Waals surface area contributed by atoms with Crippen molar-refractivity contribution < 1.29 is 18.4 Å². The Labute approximate surface area is 251 Å². The first kappa shape index (κ1) is 29.0. The maximum absolute atomic E-state index is 13.9. The average molecular weight is 609 g/mol. The molecule has 43 heavy (non-hydrogen) atoms. The van der Waals surface area contributed by atoms with E-state index in [0.717, 1.165) is 42.1 Å². The number of amides is 2. The van der Waals surface area contributed by atoms with Crippen LogP contribution in [-0.4, -0.2) is 43.5 Å². The Balaban J connectivity index is 1.18. The molecule has 0 unspecified atom stereocenters. The third-order valence-corrected chi connectivity index (χ3v) is 8.66. The number of hydrogen-bond donors (Lipinski definition) is 1. The second-order valence-electron chi connectivity index (χ2n) is 11.3. The van der Waals surface area contributed by atoms with Crippen molar-refractivity contribution in [1.82, 2.24) is 24.4 Å². The Kier molecular flexibility index (Phi) is 8.00. The highest BCUT2D eigenvalue weighted by molar-refractivity contribution is 6.30. The molecule has 2 aliphatic rings. The zero-order chi connectivity index (χ0) is 30.2. The summed E-state index contributed by atoms with van der Waals surface area (Å²) in [5, 5.41) is 2.98. The minimum Gasteiger partial charge on any atom is -0.349 e. The summed E-state index contributed by atoms with van der Waals surface area (Å²) in [6.45, 7) is 3.07. The molecule has 1 aliphatic carbocycles. The fourth-order valence-corrected chi connectivity index (χ4v) is 6.40. The van der Waals surface area contributed by atoms with E-state index in [2.05, 4.69) is 15.3 Å². The first-order valence-electron chi connectivity index (χ1n) is 14.4. The largest absolute Gasteiger partial charge is 0.349 e. The van der Waals surface area contributed by atoms with Crippen LogP contribution < -0.4 is 15.9 Å². The molecule has 0 atom stereocenters. The lowest BCUT2D eigenvalue weighted by atomic mass is 9.85. The molecule has 1 saturated heterocycles. The van der Waals surface area contributed by atoms with Gasteiger partial charge in [0.1, 0.15) is 11.5 Å². The minimum atomic E-state index is -2.89. The van der Waals surface area contributed by atoms with Gasteiger partial charge in [0.15, 0.2) is 0 Å².